The van der Waals surface area contributed by atoms with Crippen molar-refractivity contribution in [2.24, 2.45) is 0 Å². The van der Waals surface area contributed by atoms with Crippen LogP contribution < -0.4 is 0 Å². The number of hydrogen-bond donors (Lipinski definition) is 0. The van der Waals surface area contributed by atoms with Crippen molar-refractivity contribution >= 4 is 0 Å². The molecule has 0 saturated carbocycles. The van der Waals surface area contributed by atoms with E-state index in [0.29, 0.717) is 12.2 Å². The van der Waals surface area contributed by atoms with Crippen LogP contribution >= 0.6 is 0 Å². The molecule has 0 rings (SSSR count). The molecule has 0 amide bonds. The third kappa shape index (κ3) is 15.2. The van der Waals surface area contributed by atoms with Crippen LogP contribution in [0.15, 0.2) is 0 Å². The van der Waals surface area contributed by atoms with Gasteiger partial charge in [0.1, 0.15) is 0 Å². The molecular weight excluding hydrogens is 280 g/mol. The SMILES string of the molecule is CCCCCCCC(CCC)OC(CCC)CCCCCCC. The van der Waals surface area contributed by atoms with Gasteiger partial charge >= 0.3 is 0 Å². The van der Waals surface area contributed by atoms with Gasteiger partial charge in [0.05, 0.1) is 12.2 Å². The fraction of sp³-hybridized carbons (Fsp3) is 1.00. The molecule has 0 aliphatic heterocycles. The van der Waals surface area contributed by atoms with Crippen molar-refractivity contribution in [2.75, 3.05) is 0 Å². The smallest absolute Gasteiger partial charge is 0.0578 e. The van der Waals surface area contributed by atoms with E-state index in [1.165, 1.54) is 103 Å². The summed E-state index contributed by atoms with van der Waals surface area (Å²) in [6, 6.07) is 0. The fourth-order valence-electron chi connectivity index (χ4n) is 3.43. The van der Waals surface area contributed by atoms with E-state index >= 15 is 0 Å². The van der Waals surface area contributed by atoms with Gasteiger partial charge in [0.25, 0.3) is 0 Å². The summed E-state index contributed by atoms with van der Waals surface area (Å²) in [6.07, 6.45) is 22.4. The molecule has 2 unspecified atom stereocenters. The van der Waals surface area contributed by atoms with Gasteiger partial charge in [0.15, 0.2) is 0 Å². The summed E-state index contributed by atoms with van der Waals surface area (Å²) in [6.45, 7) is 9.18. The molecule has 0 N–H and O–H groups in total. The van der Waals surface area contributed by atoms with E-state index in [1.807, 2.05) is 0 Å². The van der Waals surface area contributed by atoms with Gasteiger partial charge in [0.2, 0.25) is 0 Å². The standard InChI is InChI=1S/C22H46O/c1-5-9-11-13-15-19-21(17-7-3)23-22(18-8-4)20-16-14-12-10-6-2/h21-22H,5-20H2,1-4H3. The molecule has 0 bridgehead atoms. The normalized spacial score (nSPS) is 14.1. The van der Waals surface area contributed by atoms with Gasteiger partial charge in [-0.1, -0.05) is 105 Å². The highest BCUT2D eigenvalue weighted by Gasteiger charge is 2.15. The van der Waals surface area contributed by atoms with Gasteiger partial charge in [-0.15, -0.1) is 0 Å². The Labute approximate surface area is 148 Å². The monoisotopic (exact) mass is 326 g/mol. The lowest BCUT2D eigenvalue weighted by atomic mass is 10.0. The number of hydrogen-bond acceptors (Lipinski definition) is 1. The molecule has 0 saturated heterocycles. The maximum Gasteiger partial charge on any atom is 0.0578 e. The number of unbranched alkanes of at least 4 members (excludes halogenated alkanes) is 8. The molecule has 0 heterocycles. The molecule has 0 aromatic rings. The lowest BCUT2D eigenvalue weighted by Crippen LogP contribution is -2.22. The molecule has 0 aliphatic carbocycles. The summed E-state index contributed by atoms with van der Waals surface area (Å²) in [5.41, 5.74) is 0. The lowest BCUT2D eigenvalue weighted by molar-refractivity contribution is -0.0308. The zero-order valence-electron chi connectivity index (χ0n) is 16.9. The number of rotatable bonds is 18. The predicted molar refractivity (Wildman–Crippen MR) is 105 cm³/mol. The summed E-state index contributed by atoms with van der Waals surface area (Å²) in [4.78, 5) is 0. The maximum atomic E-state index is 6.54. The largest absolute Gasteiger partial charge is 0.375 e. The maximum absolute atomic E-state index is 6.54. The second-order valence-corrected chi connectivity index (χ2v) is 7.36. The zero-order chi connectivity index (χ0) is 17.2. The van der Waals surface area contributed by atoms with Crippen molar-refractivity contribution in [3.8, 4) is 0 Å². The summed E-state index contributed by atoms with van der Waals surface area (Å²) in [5, 5.41) is 0. The Kier molecular flexibility index (Phi) is 18.3. The van der Waals surface area contributed by atoms with Crippen LogP contribution in [-0.2, 0) is 4.74 Å². The van der Waals surface area contributed by atoms with E-state index < -0.39 is 0 Å². The quantitative estimate of drug-likeness (QED) is 0.231. The molecule has 23 heavy (non-hydrogen) atoms. The van der Waals surface area contributed by atoms with Crippen LogP contribution in [0.2, 0.25) is 0 Å². The third-order valence-electron chi connectivity index (χ3n) is 4.87. The highest BCUT2D eigenvalue weighted by molar-refractivity contribution is 4.65. The highest BCUT2D eigenvalue weighted by atomic mass is 16.5. The molecule has 1 nitrogen and oxygen atoms in total. The van der Waals surface area contributed by atoms with E-state index in [1.54, 1.807) is 0 Å². The van der Waals surface area contributed by atoms with Gasteiger partial charge in [-0.25, -0.2) is 0 Å². The van der Waals surface area contributed by atoms with Crippen molar-refractivity contribution in [3.05, 3.63) is 0 Å². The Balaban J connectivity index is 4.02. The molecule has 0 aliphatic rings. The van der Waals surface area contributed by atoms with Gasteiger partial charge in [0, 0.05) is 0 Å². The summed E-state index contributed by atoms with van der Waals surface area (Å²) >= 11 is 0. The molecule has 0 aromatic heterocycles. The Bertz CT molecular complexity index is 192. The molecule has 0 spiro atoms. The van der Waals surface area contributed by atoms with Crippen molar-refractivity contribution in [3.63, 3.8) is 0 Å². The van der Waals surface area contributed by atoms with E-state index in [0.717, 1.165) is 0 Å². The zero-order valence-corrected chi connectivity index (χ0v) is 16.9. The molecule has 0 fully saturated rings. The van der Waals surface area contributed by atoms with Crippen molar-refractivity contribution in [1.29, 1.82) is 0 Å². The van der Waals surface area contributed by atoms with Crippen LogP contribution in [0.5, 0.6) is 0 Å². The summed E-state index contributed by atoms with van der Waals surface area (Å²) < 4.78 is 6.54. The van der Waals surface area contributed by atoms with Gasteiger partial charge in [-0.3, -0.25) is 0 Å². The first-order valence-electron chi connectivity index (χ1n) is 10.9. The van der Waals surface area contributed by atoms with E-state index in [9.17, 15) is 0 Å². The van der Waals surface area contributed by atoms with Crippen LogP contribution in [-0.4, -0.2) is 12.2 Å². The highest BCUT2D eigenvalue weighted by Crippen LogP contribution is 2.20. The minimum absolute atomic E-state index is 0.522. The van der Waals surface area contributed by atoms with Crippen LogP contribution in [0.4, 0.5) is 0 Å². The molecule has 140 valence electrons. The first-order valence-corrected chi connectivity index (χ1v) is 10.9. The fourth-order valence-corrected chi connectivity index (χ4v) is 3.43. The Morgan fingerprint density at radius 3 is 1.17 bits per heavy atom. The molecular formula is C22H46O. The van der Waals surface area contributed by atoms with Gasteiger partial charge < -0.3 is 4.74 Å². The van der Waals surface area contributed by atoms with Gasteiger partial charge in [-0.05, 0) is 25.7 Å². The summed E-state index contributed by atoms with van der Waals surface area (Å²) in [5.74, 6) is 0. The van der Waals surface area contributed by atoms with Crippen LogP contribution in [0, 0.1) is 0 Å². The van der Waals surface area contributed by atoms with E-state index in [4.69, 9.17) is 4.74 Å². The first-order chi connectivity index (χ1) is 11.3. The second kappa shape index (κ2) is 18.3. The van der Waals surface area contributed by atoms with E-state index in [-0.39, 0.29) is 0 Å². The average Bonchev–Trinajstić information content (AvgIpc) is 2.54. The lowest BCUT2D eigenvalue weighted by Gasteiger charge is -2.25. The molecule has 0 radical (unpaired) electrons. The van der Waals surface area contributed by atoms with Gasteiger partial charge in [-0.2, -0.15) is 0 Å². The topological polar surface area (TPSA) is 9.23 Å². The first kappa shape index (κ1) is 23.0. The minimum Gasteiger partial charge on any atom is -0.375 e. The van der Waals surface area contributed by atoms with Crippen LogP contribution in [0.1, 0.15) is 130 Å². The van der Waals surface area contributed by atoms with Crippen molar-refractivity contribution < 1.29 is 4.74 Å². The molecule has 1 heteroatoms. The van der Waals surface area contributed by atoms with Crippen molar-refractivity contribution in [1.82, 2.24) is 0 Å². The third-order valence-corrected chi connectivity index (χ3v) is 4.87. The number of ether oxygens (including phenoxy) is 1. The van der Waals surface area contributed by atoms with Crippen molar-refractivity contribution in [2.45, 2.75) is 143 Å². The Hall–Kier alpha value is -0.0400. The second-order valence-electron chi connectivity index (χ2n) is 7.36. The Morgan fingerprint density at radius 2 is 0.826 bits per heavy atom. The van der Waals surface area contributed by atoms with E-state index in [2.05, 4.69) is 27.7 Å². The average molecular weight is 327 g/mol. The predicted octanol–water partition coefficient (Wildman–Crippen LogP) is 8.06. The molecule has 0 aromatic carbocycles. The van der Waals surface area contributed by atoms with Crippen LogP contribution in [0.3, 0.4) is 0 Å². The molecule has 2 atom stereocenters. The Morgan fingerprint density at radius 1 is 0.435 bits per heavy atom. The minimum atomic E-state index is 0.522. The summed E-state index contributed by atoms with van der Waals surface area (Å²) in [7, 11) is 0. The van der Waals surface area contributed by atoms with Crippen LogP contribution in [0.25, 0.3) is 0 Å².